The van der Waals surface area contributed by atoms with E-state index in [0.29, 0.717) is 16.6 Å². The van der Waals surface area contributed by atoms with Crippen LogP contribution in [0.15, 0.2) is 41.5 Å². The molecule has 0 spiro atoms. The third-order valence-corrected chi connectivity index (χ3v) is 3.13. The lowest BCUT2D eigenvalue weighted by Crippen LogP contribution is -2.07. The van der Waals surface area contributed by atoms with Crippen molar-refractivity contribution in [3.05, 3.63) is 64.2 Å². The predicted molar refractivity (Wildman–Crippen MR) is 76.7 cm³/mol. The molecule has 108 valence electrons. The van der Waals surface area contributed by atoms with Crippen LogP contribution in [0.1, 0.15) is 5.56 Å². The summed E-state index contributed by atoms with van der Waals surface area (Å²) in [7, 11) is 0. The van der Waals surface area contributed by atoms with Gasteiger partial charge in [-0.05, 0) is 30.3 Å². The van der Waals surface area contributed by atoms with Gasteiger partial charge in [0.05, 0.1) is 22.9 Å². The van der Waals surface area contributed by atoms with Crippen LogP contribution in [0.4, 0.5) is 20.2 Å². The van der Waals surface area contributed by atoms with Crippen molar-refractivity contribution in [3.63, 3.8) is 0 Å². The Labute approximate surface area is 122 Å². The van der Waals surface area contributed by atoms with Gasteiger partial charge in [0, 0.05) is 5.69 Å². The van der Waals surface area contributed by atoms with E-state index in [2.05, 4.69) is 15.3 Å². The highest BCUT2D eigenvalue weighted by Gasteiger charge is 2.14. The van der Waals surface area contributed by atoms with Gasteiger partial charge in [-0.3, -0.25) is 4.79 Å². The Morgan fingerprint density at radius 3 is 2.73 bits per heavy atom. The second-order valence-electron chi connectivity index (χ2n) is 4.48. The Kier molecular flexibility index (Phi) is 3.27. The summed E-state index contributed by atoms with van der Waals surface area (Å²) in [5.74, 6) is -1.59. The molecule has 0 atom stereocenters. The highest BCUT2D eigenvalue weighted by atomic mass is 19.1. The van der Waals surface area contributed by atoms with Crippen LogP contribution in [-0.2, 0) is 0 Å². The number of rotatable bonds is 2. The number of nitrogens with zero attached hydrogens (tertiary/aromatic N) is 2. The van der Waals surface area contributed by atoms with Gasteiger partial charge in [-0.2, -0.15) is 5.26 Å². The van der Waals surface area contributed by atoms with Crippen LogP contribution in [0.25, 0.3) is 10.9 Å². The van der Waals surface area contributed by atoms with Crippen molar-refractivity contribution in [2.45, 2.75) is 0 Å². The number of nitriles is 1. The molecular weight excluding hydrogens is 290 g/mol. The predicted octanol–water partition coefficient (Wildman–Crippen LogP) is 2.82. The molecular formula is C15H8F2N4O. The molecule has 2 N–H and O–H groups in total. The van der Waals surface area contributed by atoms with Crippen molar-refractivity contribution in [1.82, 2.24) is 9.97 Å². The Morgan fingerprint density at radius 2 is 1.95 bits per heavy atom. The fraction of sp³-hybridized carbons (Fsp3) is 0. The summed E-state index contributed by atoms with van der Waals surface area (Å²) in [6, 6.07) is 8.00. The molecule has 7 heteroatoms. The number of anilines is 2. The molecule has 0 unspecified atom stereocenters. The third kappa shape index (κ3) is 2.27. The molecule has 0 aliphatic rings. The zero-order chi connectivity index (χ0) is 15.7. The minimum Gasteiger partial charge on any atom is -0.352 e. The summed E-state index contributed by atoms with van der Waals surface area (Å²) in [6.45, 7) is 0. The van der Waals surface area contributed by atoms with Crippen molar-refractivity contribution >= 4 is 22.3 Å². The first-order valence-corrected chi connectivity index (χ1v) is 6.22. The summed E-state index contributed by atoms with van der Waals surface area (Å²) in [6.07, 6.45) is 1.28. The van der Waals surface area contributed by atoms with Crippen molar-refractivity contribution in [2.24, 2.45) is 0 Å². The smallest absolute Gasteiger partial charge is 0.258 e. The molecule has 0 bridgehead atoms. The first-order valence-electron chi connectivity index (χ1n) is 6.22. The van der Waals surface area contributed by atoms with E-state index in [0.717, 1.165) is 12.1 Å². The Balaban J connectivity index is 2.12. The Bertz CT molecular complexity index is 975. The van der Waals surface area contributed by atoms with Crippen molar-refractivity contribution in [3.8, 4) is 6.07 Å². The van der Waals surface area contributed by atoms with Crippen LogP contribution < -0.4 is 10.9 Å². The highest BCUT2D eigenvalue weighted by Crippen LogP contribution is 2.26. The topological polar surface area (TPSA) is 81.6 Å². The molecule has 3 aromatic rings. The Morgan fingerprint density at radius 1 is 1.18 bits per heavy atom. The van der Waals surface area contributed by atoms with E-state index in [-0.39, 0.29) is 11.2 Å². The van der Waals surface area contributed by atoms with E-state index < -0.39 is 17.2 Å². The summed E-state index contributed by atoms with van der Waals surface area (Å²) in [5, 5.41) is 11.9. The molecule has 22 heavy (non-hydrogen) atoms. The van der Waals surface area contributed by atoms with Gasteiger partial charge in [-0.25, -0.2) is 13.8 Å². The lowest BCUT2D eigenvalue weighted by molar-refractivity contribution is 0.600. The maximum atomic E-state index is 13.8. The molecule has 0 saturated heterocycles. The van der Waals surface area contributed by atoms with E-state index in [1.807, 2.05) is 0 Å². The lowest BCUT2D eigenvalue weighted by Gasteiger charge is -2.10. The summed E-state index contributed by atoms with van der Waals surface area (Å²) >= 11 is 0. The second-order valence-corrected chi connectivity index (χ2v) is 4.48. The molecule has 0 aliphatic carbocycles. The SMILES string of the molecule is N#Cc1c(F)ccc(F)c1Nc1ccc2nc[nH]c(=O)c2c1. The number of fused-ring (bicyclic) bond motifs is 1. The first-order chi connectivity index (χ1) is 10.6. The van der Waals surface area contributed by atoms with E-state index >= 15 is 0 Å². The number of hydrogen-bond acceptors (Lipinski definition) is 4. The first kappa shape index (κ1) is 13.7. The molecule has 2 aromatic carbocycles. The van der Waals surface area contributed by atoms with Gasteiger partial charge in [0.2, 0.25) is 0 Å². The number of hydrogen-bond donors (Lipinski definition) is 2. The van der Waals surface area contributed by atoms with Crippen LogP contribution in [0.2, 0.25) is 0 Å². The van der Waals surface area contributed by atoms with Gasteiger partial charge in [0.15, 0.2) is 0 Å². The minimum absolute atomic E-state index is 0.276. The van der Waals surface area contributed by atoms with E-state index in [1.54, 1.807) is 18.2 Å². The second kappa shape index (κ2) is 5.26. The maximum Gasteiger partial charge on any atom is 0.258 e. The van der Waals surface area contributed by atoms with Crippen LogP contribution >= 0.6 is 0 Å². The van der Waals surface area contributed by atoms with E-state index in [1.165, 1.54) is 12.4 Å². The summed E-state index contributed by atoms with van der Waals surface area (Å²) in [5.41, 5.74) is -0.252. The maximum absolute atomic E-state index is 13.8. The standard InChI is InChI=1S/C15H8F2N4O/c16-11-2-3-12(17)14(10(11)6-18)21-8-1-4-13-9(5-8)15(22)20-7-19-13/h1-5,7,21H,(H,19,20,22). The van der Waals surface area contributed by atoms with Gasteiger partial charge in [-0.15, -0.1) is 0 Å². The molecule has 0 fully saturated rings. The Hall–Kier alpha value is -3.27. The zero-order valence-corrected chi connectivity index (χ0v) is 11.0. The fourth-order valence-electron chi connectivity index (χ4n) is 2.07. The van der Waals surface area contributed by atoms with Gasteiger partial charge >= 0.3 is 0 Å². The van der Waals surface area contributed by atoms with Crippen molar-refractivity contribution in [2.75, 3.05) is 5.32 Å². The van der Waals surface area contributed by atoms with Crippen LogP contribution in [0.3, 0.4) is 0 Å². The number of aromatic nitrogens is 2. The van der Waals surface area contributed by atoms with Gasteiger partial charge < -0.3 is 10.3 Å². The molecule has 0 radical (unpaired) electrons. The fourth-order valence-corrected chi connectivity index (χ4v) is 2.07. The molecule has 1 aromatic heterocycles. The average molecular weight is 298 g/mol. The summed E-state index contributed by atoms with van der Waals surface area (Å²) < 4.78 is 27.4. The number of H-pyrrole nitrogens is 1. The number of benzene rings is 2. The molecule has 1 heterocycles. The van der Waals surface area contributed by atoms with Gasteiger partial charge in [-0.1, -0.05) is 0 Å². The van der Waals surface area contributed by atoms with Crippen LogP contribution in [-0.4, -0.2) is 9.97 Å². The van der Waals surface area contributed by atoms with Gasteiger partial charge in [0.25, 0.3) is 5.56 Å². The minimum atomic E-state index is -0.827. The highest BCUT2D eigenvalue weighted by molar-refractivity contribution is 5.83. The molecule has 0 aliphatic heterocycles. The van der Waals surface area contributed by atoms with Crippen LogP contribution in [0.5, 0.6) is 0 Å². The summed E-state index contributed by atoms with van der Waals surface area (Å²) in [4.78, 5) is 18.1. The molecule has 3 rings (SSSR count). The van der Waals surface area contributed by atoms with E-state index in [4.69, 9.17) is 5.26 Å². The average Bonchev–Trinajstić information content (AvgIpc) is 2.52. The lowest BCUT2D eigenvalue weighted by atomic mass is 10.1. The van der Waals surface area contributed by atoms with Crippen molar-refractivity contribution in [1.29, 1.82) is 5.26 Å². The van der Waals surface area contributed by atoms with Crippen molar-refractivity contribution < 1.29 is 8.78 Å². The third-order valence-electron chi connectivity index (χ3n) is 3.13. The quantitative estimate of drug-likeness (QED) is 0.762. The van der Waals surface area contributed by atoms with E-state index in [9.17, 15) is 13.6 Å². The molecule has 0 saturated carbocycles. The van der Waals surface area contributed by atoms with Crippen LogP contribution in [0, 0.1) is 23.0 Å². The normalized spacial score (nSPS) is 10.4. The van der Waals surface area contributed by atoms with Gasteiger partial charge in [0.1, 0.15) is 23.3 Å². The number of aromatic amines is 1. The number of nitrogens with one attached hydrogen (secondary N) is 2. The molecule has 0 amide bonds. The number of halogens is 2. The monoisotopic (exact) mass is 298 g/mol. The zero-order valence-electron chi connectivity index (χ0n) is 11.0. The largest absolute Gasteiger partial charge is 0.352 e. The molecule has 5 nitrogen and oxygen atoms in total.